The van der Waals surface area contributed by atoms with Crippen molar-refractivity contribution in [2.24, 2.45) is 17.8 Å². The predicted octanol–water partition coefficient (Wildman–Crippen LogP) is 2.58. The van der Waals surface area contributed by atoms with Crippen molar-refractivity contribution in [3.05, 3.63) is 0 Å². The SMILES string of the molecule is CCOC[C@@H](CC(C)C)NC(=O)[C@H]1C[C@@H](C(=[OH+])OC)CN(C(=O)OC(C)(C)C)C1. The normalized spacial score (nSPS) is 20.9. The fraction of sp³-hybridized carbons (Fsp3) is 0.857. The van der Waals surface area contributed by atoms with Gasteiger partial charge in [-0.3, -0.25) is 4.79 Å². The van der Waals surface area contributed by atoms with Gasteiger partial charge >= 0.3 is 12.1 Å². The molecule has 0 aromatic heterocycles. The van der Waals surface area contributed by atoms with Crippen molar-refractivity contribution < 1.29 is 28.6 Å². The van der Waals surface area contributed by atoms with Crippen LogP contribution in [-0.4, -0.2) is 72.7 Å². The van der Waals surface area contributed by atoms with Gasteiger partial charge in [0.25, 0.3) is 0 Å². The second kappa shape index (κ2) is 11.4. The standard InChI is InChI=1S/C21H38N2O6/c1-8-28-13-17(9-14(2)3)22-18(24)15-10-16(19(25)27-7)12-23(11-15)20(26)29-21(4,5)6/h14-17H,8-13H2,1-7H3,(H,22,24)/p+1/t15-,16+,17+/m0/s1. The van der Waals surface area contributed by atoms with Crippen LogP contribution in [0.25, 0.3) is 0 Å². The molecule has 0 unspecified atom stereocenters. The molecule has 0 aromatic rings. The number of ether oxygens (including phenoxy) is 3. The molecular formula is C21H39N2O6+. The summed E-state index contributed by atoms with van der Waals surface area (Å²) in [5.74, 6) is -0.854. The molecule has 0 aliphatic carbocycles. The number of rotatable bonds is 8. The highest BCUT2D eigenvalue weighted by atomic mass is 16.6. The van der Waals surface area contributed by atoms with E-state index in [0.717, 1.165) is 6.42 Å². The number of carbonyl (C=O) groups excluding carboxylic acids is 3. The van der Waals surface area contributed by atoms with E-state index in [2.05, 4.69) is 19.2 Å². The number of piperidine rings is 1. The molecule has 8 heteroatoms. The first kappa shape index (κ1) is 25.2. The Balaban J connectivity index is 2.90. The summed E-state index contributed by atoms with van der Waals surface area (Å²) in [5, 5.41) is 3.06. The van der Waals surface area contributed by atoms with Crippen molar-refractivity contribution in [1.29, 1.82) is 0 Å². The van der Waals surface area contributed by atoms with Gasteiger partial charge in [0.15, 0.2) is 7.11 Å². The van der Waals surface area contributed by atoms with E-state index in [4.69, 9.17) is 14.2 Å². The summed E-state index contributed by atoms with van der Waals surface area (Å²) in [6, 6.07) is -0.0993. The molecule has 168 valence electrons. The van der Waals surface area contributed by atoms with Gasteiger partial charge in [-0.15, -0.1) is 0 Å². The van der Waals surface area contributed by atoms with E-state index in [1.807, 2.05) is 6.92 Å². The molecule has 1 rings (SSSR count). The molecule has 1 aliphatic heterocycles. The Hall–Kier alpha value is -1.83. The van der Waals surface area contributed by atoms with E-state index in [1.165, 1.54) is 12.0 Å². The minimum atomic E-state index is -0.644. The van der Waals surface area contributed by atoms with Crippen molar-refractivity contribution in [2.75, 3.05) is 33.4 Å². The lowest BCUT2D eigenvalue weighted by molar-refractivity contribution is -0.128. The van der Waals surface area contributed by atoms with E-state index in [0.29, 0.717) is 25.6 Å². The average molecular weight is 416 g/mol. The van der Waals surface area contributed by atoms with Crippen molar-refractivity contribution in [2.45, 2.75) is 66.0 Å². The number of hydrogen-bond acceptors (Lipinski definition) is 5. The highest BCUT2D eigenvalue weighted by Crippen LogP contribution is 2.25. The number of likely N-dealkylation sites (tertiary alicyclic amines) is 1. The molecule has 0 saturated carbocycles. The second-order valence-electron chi connectivity index (χ2n) is 9.05. The van der Waals surface area contributed by atoms with Crippen LogP contribution >= 0.6 is 0 Å². The molecule has 8 nitrogen and oxygen atoms in total. The summed E-state index contributed by atoms with van der Waals surface area (Å²) in [6.07, 6.45) is 0.693. The Morgan fingerprint density at radius 1 is 1.21 bits per heavy atom. The topological polar surface area (TPSA) is 98.5 Å². The first-order chi connectivity index (χ1) is 13.5. The minimum absolute atomic E-state index is 0.0993. The molecule has 0 radical (unpaired) electrons. The predicted molar refractivity (Wildman–Crippen MR) is 111 cm³/mol. The first-order valence-corrected chi connectivity index (χ1v) is 10.4. The second-order valence-corrected chi connectivity index (χ2v) is 9.05. The Morgan fingerprint density at radius 2 is 1.83 bits per heavy atom. The van der Waals surface area contributed by atoms with Gasteiger partial charge in [0.2, 0.25) is 5.91 Å². The van der Waals surface area contributed by atoms with Gasteiger partial charge in [0.05, 0.1) is 18.6 Å². The van der Waals surface area contributed by atoms with Crippen LogP contribution in [0.5, 0.6) is 0 Å². The number of amides is 2. The maximum Gasteiger partial charge on any atom is 0.487 e. The quantitative estimate of drug-likeness (QED) is 0.485. The molecule has 0 spiro atoms. The van der Waals surface area contributed by atoms with Crippen LogP contribution < -0.4 is 5.32 Å². The highest BCUT2D eigenvalue weighted by Gasteiger charge is 2.42. The van der Waals surface area contributed by atoms with E-state index < -0.39 is 23.5 Å². The van der Waals surface area contributed by atoms with Crippen LogP contribution in [-0.2, 0) is 19.0 Å². The fourth-order valence-corrected chi connectivity index (χ4v) is 3.43. The molecule has 1 heterocycles. The lowest BCUT2D eigenvalue weighted by atomic mass is 9.88. The first-order valence-electron chi connectivity index (χ1n) is 10.4. The lowest BCUT2D eigenvalue weighted by Crippen LogP contribution is -2.53. The average Bonchev–Trinajstić information content (AvgIpc) is 2.63. The largest absolute Gasteiger partial charge is 0.487 e. The molecule has 1 fully saturated rings. The van der Waals surface area contributed by atoms with Crippen LogP contribution in [0, 0.1) is 17.8 Å². The van der Waals surface area contributed by atoms with Crippen LogP contribution in [0.2, 0.25) is 0 Å². The van der Waals surface area contributed by atoms with Gasteiger partial charge in [-0.2, -0.15) is 0 Å². The van der Waals surface area contributed by atoms with Crippen LogP contribution in [0.15, 0.2) is 0 Å². The molecular weight excluding hydrogens is 376 g/mol. The Morgan fingerprint density at radius 3 is 2.34 bits per heavy atom. The molecule has 0 aromatic carbocycles. The number of esters is 1. The third-order valence-electron chi connectivity index (χ3n) is 4.66. The summed E-state index contributed by atoms with van der Waals surface area (Å²) < 4.78 is 15.9. The van der Waals surface area contributed by atoms with Crippen molar-refractivity contribution in [3.63, 3.8) is 0 Å². The van der Waals surface area contributed by atoms with Crippen molar-refractivity contribution in [1.82, 2.24) is 10.2 Å². The van der Waals surface area contributed by atoms with Gasteiger partial charge in [0, 0.05) is 19.7 Å². The Kier molecular flexibility index (Phi) is 9.89. The van der Waals surface area contributed by atoms with Gasteiger partial charge in [0.1, 0.15) is 11.5 Å². The lowest BCUT2D eigenvalue weighted by Gasteiger charge is -2.36. The maximum absolute atomic E-state index is 13.0. The van der Waals surface area contributed by atoms with E-state index in [-0.39, 0.29) is 31.0 Å². The summed E-state index contributed by atoms with van der Waals surface area (Å²) >= 11 is 0. The zero-order chi connectivity index (χ0) is 22.2. The molecule has 1 saturated heterocycles. The molecule has 3 atom stereocenters. The monoisotopic (exact) mass is 415 g/mol. The minimum Gasteiger partial charge on any atom is -0.444 e. The smallest absolute Gasteiger partial charge is 0.444 e. The molecule has 1 aliphatic rings. The Bertz CT molecular complexity index is 558. The van der Waals surface area contributed by atoms with E-state index >= 15 is 0 Å². The van der Waals surface area contributed by atoms with Crippen LogP contribution in [0.3, 0.4) is 0 Å². The summed E-state index contributed by atoms with van der Waals surface area (Å²) in [5.41, 5.74) is -0.644. The number of methoxy groups -OCH3 is 1. The van der Waals surface area contributed by atoms with Crippen molar-refractivity contribution in [3.8, 4) is 0 Å². The third-order valence-corrected chi connectivity index (χ3v) is 4.66. The molecule has 2 amide bonds. The number of hydrogen-bond donors (Lipinski definition) is 1. The zero-order valence-corrected chi connectivity index (χ0v) is 19.0. The van der Waals surface area contributed by atoms with Gasteiger partial charge < -0.3 is 29.2 Å². The van der Waals surface area contributed by atoms with Gasteiger partial charge in [-0.05, 0) is 46.5 Å². The van der Waals surface area contributed by atoms with Gasteiger partial charge in [-0.25, -0.2) is 4.79 Å². The summed E-state index contributed by atoms with van der Waals surface area (Å²) in [7, 11) is 1.37. The van der Waals surface area contributed by atoms with Crippen LogP contribution in [0.4, 0.5) is 4.79 Å². The molecule has 2 N–H and O–H groups in total. The summed E-state index contributed by atoms with van der Waals surface area (Å²) in [6.45, 7) is 13.0. The molecule has 0 bridgehead atoms. The number of nitrogens with one attached hydrogen (secondary N) is 1. The van der Waals surface area contributed by atoms with Gasteiger partial charge in [-0.1, -0.05) is 13.8 Å². The highest BCUT2D eigenvalue weighted by molar-refractivity contribution is 5.82. The molecule has 29 heavy (non-hydrogen) atoms. The van der Waals surface area contributed by atoms with E-state index in [9.17, 15) is 14.4 Å². The van der Waals surface area contributed by atoms with Crippen LogP contribution in [0.1, 0.15) is 54.4 Å². The maximum atomic E-state index is 13.0. The Labute approximate surface area is 174 Å². The fourth-order valence-electron chi connectivity index (χ4n) is 3.43. The van der Waals surface area contributed by atoms with Crippen molar-refractivity contribution >= 4 is 18.0 Å². The number of carbonyl (C=O) groups is 2. The third kappa shape index (κ3) is 9.02. The number of nitrogens with zero attached hydrogens (tertiary/aromatic N) is 1. The zero-order valence-electron chi connectivity index (χ0n) is 19.0. The summed E-state index contributed by atoms with van der Waals surface area (Å²) in [4.78, 5) is 37.1. The van der Waals surface area contributed by atoms with E-state index in [1.54, 1.807) is 20.8 Å².